The molecule has 0 fully saturated rings. The zero-order chi connectivity index (χ0) is 17.2. The maximum Gasteiger partial charge on any atom is 0.170 e. The molecule has 4 rings (SSSR count). The normalized spacial score (nSPS) is 10.9. The fourth-order valence-corrected chi connectivity index (χ4v) is 3.09. The van der Waals surface area contributed by atoms with Gasteiger partial charge in [-0.2, -0.15) is 0 Å². The minimum atomic E-state index is -0.149. The summed E-state index contributed by atoms with van der Waals surface area (Å²) in [5.74, 6) is -0.298. The van der Waals surface area contributed by atoms with E-state index in [-0.39, 0.29) is 18.0 Å². The van der Waals surface area contributed by atoms with E-state index in [0.29, 0.717) is 11.1 Å². The number of hydrogen-bond donors (Lipinski definition) is 0. The Labute approximate surface area is 145 Å². The first-order valence-electron chi connectivity index (χ1n) is 8.25. The van der Waals surface area contributed by atoms with Crippen molar-refractivity contribution >= 4 is 33.1 Å². The van der Waals surface area contributed by atoms with Gasteiger partial charge in [0, 0.05) is 11.1 Å². The summed E-state index contributed by atoms with van der Waals surface area (Å²) in [4.78, 5) is 24.8. The fraction of sp³-hybridized carbons (Fsp3) is 0.0435. The van der Waals surface area contributed by atoms with Crippen LogP contribution in [-0.4, -0.2) is 11.6 Å². The molecule has 0 aliphatic carbocycles. The van der Waals surface area contributed by atoms with E-state index in [1.165, 1.54) is 5.39 Å². The van der Waals surface area contributed by atoms with Gasteiger partial charge < -0.3 is 0 Å². The number of hydrogen-bond acceptors (Lipinski definition) is 2. The first kappa shape index (κ1) is 15.3. The highest BCUT2D eigenvalue weighted by Crippen LogP contribution is 2.24. The first-order chi connectivity index (χ1) is 12.2. The smallest absolute Gasteiger partial charge is 0.170 e. The van der Waals surface area contributed by atoms with Crippen molar-refractivity contribution < 1.29 is 9.59 Å². The first-order valence-corrected chi connectivity index (χ1v) is 8.25. The van der Waals surface area contributed by atoms with Crippen LogP contribution in [0.15, 0.2) is 84.9 Å². The minimum Gasteiger partial charge on any atom is -0.294 e. The third-order valence-corrected chi connectivity index (χ3v) is 4.44. The number of rotatable bonds is 4. The molecule has 120 valence electrons. The Kier molecular flexibility index (Phi) is 3.87. The topological polar surface area (TPSA) is 34.1 Å². The summed E-state index contributed by atoms with van der Waals surface area (Å²) >= 11 is 0. The Bertz CT molecular complexity index is 1090. The van der Waals surface area contributed by atoms with E-state index in [9.17, 15) is 9.59 Å². The van der Waals surface area contributed by atoms with Crippen molar-refractivity contribution in [2.24, 2.45) is 0 Å². The molecule has 4 aromatic rings. The monoisotopic (exact) mass is 324 g/mol. The molecular formula is C23H16O2. The Balaban J connectivity index is 1.65. The van der Waals surface area contributed by atoms with Crippen LogP contribution >= 0.6 is 0 Å². The lowest BCUT2D eigenvalue weighted by molar-refractivity contribution is 0.0894. The molecule has 0 N–H and O–H groups in total. The Morgan fingerprint density at radius 1 is 0.520 bits per heavy atom. The molecule has 0 atom stereocenters. The van der Waals surface area contributed by atoms with E-state index >= 15 is 0 Å². The van der Waals surface area contributed by atoms with Crippen LogP contribution < -0.4 is 0 Å². The van der Waals surface area contributed by atoms with Gasteiger partial charge in [0.05, 0.1) is 6.42 Å². The third kappa shape index (κ3) is 3.07. The van der Waals surface area contributed by atoms with Crippen LogP contribution in [0.25, 0.3) is 21.5 Å². The number of carbonyl (C=O) groups is 2. The summed E-state index contributed by atoms with van der Waals surface area (Å²) in [6.07, 6.45) is -0.108. The predicted molar refractivity (Wildman–Crippen MR) is 101 cm³/mol. The Morgan fingerprint density at radius 3 is 1.80 bits per heavy atom. The molecule has 0 aromatic heterocycles. The molecular weight excluding hydrogens is 308 g/mol. The molecule has 0 unspecified atom stereocenters. The second-order valence-electron chi connectivity index (χ2n) is 6.15. The summed E-state index contributed by atoms with van der Waals surface area (Å²) < 4.78 is 0. The summed E-state index contributed by atoms with van der Waals surface area (Å²) in [6, 6.07) is 26.9. The van der Waals surface area contributed by atoms with Gasteiger partial charge >= 0.3 is 0 Å². The summed E-state index contributed by atoms with van der Waals surface area (Å²) in [5, 5.41) is 4.41. The second-order valence-corrected chi connectivity index (χ2v) is 6.15. The highest BCUT2D eigenvalue weighted by Gasteiger charge is 2.14. The van der Waals surface area contributed by atoms with E-state index in [2.05, 4.69) is 24.3 Å². The molecule has 0 aliphatic heterocycles. The van der Waals surface area contributed by atoms with Crippen molar-refractivity contribution in [3.8, 4) is 0 Å². The van der Waals surface area contributed by atoms with Crippen molar-refractivity contribution in [1.82, 2.24) is 0 Å². The lowest BCUT2D eigenvalue weighted by Crippen LogP contribution is -2.08. The van der Waals surface area contributed by atoms with Gasteiger partial charge in [-0.25, -0.2) is 0 Å². The van der Waals surface area contributed by atoms with Crippen LogP contribution in [0, 0.1) is 0 Å². The molecule has 0 saturated carbocycles. The van der Waals surface area contributed by atoms with Crippen molar-refractivity contribution in [3.05, 3.63) is 96.1 Å². The Morgan fingerprint density at radius 2 is 1.08 bits per heavy atom. The van der Waals surface area contributed by atoms with Gasteiger partial charge in [0.25, 0.3) is 0 Å². The standard InChI is InChI=1S/C23H16O2/c24-22(16-6-2-1-3-7-16)15-23(25)20-11-10-19-12-17-8-4-5-9-18(17)13-21(19)14-20/h1-14H,15H2. The molecule has 25 heavy (non-hydrogen) atoms. The Hall–Kier alpha value is -3.26. The summed E-state index contributed by atoms with van der Waals surface area (Å²) in [6.45, 7) is 0. The van der Waals surface area contributed by atoms with Gasteiger partial charge in [-0.3, -0.25) is 9.59 Å². The van der Waals surface area contributed by atoms with Crippen molar-refractivity contribution in [1.29, 1.82) is 0 Å². The van der Waals surface area contributed by atoms with E-state index in [1.807, 2.05) is 30.3 Å². The lowest BCUT2D eigenvalue weighted by Gasteiger charge is -2.06. The van der Waals surface area contributed by atoms with E-state index in [4.69, 9.17) is 0 Å². The minimum absolute atomic E-state index is 0.108. The maximum atomic E-state index is 12.5. The molecule has 0 saturated heterocycles. The van der Waals surface area contributed by atoms with Crippen molar-refractivity contribution in [2.75, 3.05) is 0 Å². The van der Waals surface area contributed by atoms with Gasteiger partial charge in [-0.15, -0.1) is 0 Å². The molecule has 4 aromatic carbocycles. The highest BCUT2D eigenvalue weighted by molar-refractivity contribution is 6.14. The fourth-order valence-electron chi connectivity index (χ4n) is 3.09. The number of fused-ring (bicyclic) bond motifs is 2. The zero-order valence-electron chi connectivity index (χ0n) is 13.6. The molecule has 2 heteroatoms. The largest absolute Gasteiger partial charge is 0.294 e. The zero-order valence-corrected chi connectivity index (χ0v) is 13.6. The van der Waals surface area contributed by atoms with Gasteiger partial charge in [0.15, 0.2) is 11.6 Å². The SMILES string of the molecule is O=C(CC(=O)c1ccc2cc3ccccc3cc2c1)c1ccccc1. The molecule has 0 heterocycles. The summed E-state index contributed by atoms with van der Waals surface area (Å²) in [5.41, 5.74) is 1.15. The van der Waals surface area contributed by atoms with Crippen molar-refractivity contribution in [2.45, 2.75) is 6.42 Å². The average molecular weight is 324 g/mol. The van der Waals surface area contributed by atoms with Crippen LogP contribution in [-0.2, 0) is 0 Å². The predicted octanol–water partition coefficient (Wildman–Crippen LogP) is 5.45. The van der Waals surface area contributed by atoms with Gasteiger partial charge in [0.1, 0.15) is 0 Å². The molecule has 0 radical (unpaired) electrons. The highest BCUT2D eigenvalue weighted by atomic mass is 16.1. The van der Waals surface area contributed by atoms with Crippen molar-refractivity contribution in [3.63, 3.8) is 0 Å². The molecule has 0 aliphatic rings. The van der Waals surface area contributed by atoms with Crippen LogP contribution in [0.4, 0.5) is 0 Å². The average Bonchev–Trinajstić information content (AvgIpc) is 2.66. The number of ketones is 2. The van der Waals surface area contributed by atoms with Crippen LogP contribution in [0.3, 0.4) is 0 Å². The van der Waals surface area contributed by atoms with Crippen LogP contribution in [0.2, 0.25) is 0 Å². The van der Waals surface area contributed by atoms with Gasteiger partial charge in [-0.05, 0) is 39.7 Å². The molecule has 0 amide bonds. The van der Waals surface area contributed by atoms with Gasteiger partial charge in [-0.1, -0.05) is 66.7 Å². The maximum absolute atomic E-state index is 12.5. The van der Waals surface area contributed by atoms with E-state index < -0.39 is 0 Å². The lowest BCUT2D eigenvalue weighted by atomic mass is 9.97. The quantitative estimate of drug-likeness (QED) is 0.284. The summed E-state index contributed by atoms with van der Waals surface area (Å²) in [7, 11) is 0. The second kappa shape index (κ2) is 6.33. The third-order valence-electron chi connectivity index (χ3n) is 4.44. The van der Waals surface area contributed by atoms with E-state index in [1.54, 1.807) is 30.3 Å². The van der Waals surface area contributed by atoms with Crippen LogP contribution in [0.5, 0.6) is 0 Å². The molecule has 2 nitrogen and oxygen atoms in total. The number of carbonyl (C=O) groups excluding carboxylic acids is 2. The molecule has 0 bridgehead atoms. The van der Waals surface area contributed by atoms with Gasteiger partial charge in [0.2, 0.25) is 0 Å². The van der Waals surface area contributed by atoms with Crippen LogP contribution in [0.1, 0.15) is 27.1 Å². The molecule has 0 spiro atoms. The number of Topliss-reactive ketones (excluding diaryl/α,β-unsaturated/α-hetero) is 2. The number of benzene rings is 4. The van der Waals surface area contributed by atoms with E-state index in [0.717, 1.165) is 16.2 Å².